The third-order valence-electron chi connectivity index (χ3n) is 2.80. The molecule has 1 atom stereocenters. The molecule has 0 saturated carbocycles. The molecule has 0 aliphatic heterocycles. The lowest BCUT2D eigenvalue weighted by Crippen LogP contribution is -2.41. The maximum Gasteiger partial charge on any atom is 0.322 e. The Labute approximate surface area is 114 Å². The van der Waals surface area contributed by atoms with Crippen molar-refractivity contribution in [3.8, 4) is 0 Å². The average molecular weight is 263 g/mol. The van der Waals surface area contributed by atoms with Crippen LogP contribution in [0.3, 0.4) is 0 Å². The quantitative estimate of drug-likeness (QED) is 0.604. The molecular weight excluding hydrogens is 242 g/mol. The largest absolute Gasteiger partial charge is 0.468 e. The number of methoxy groups -OCH3 is 1. The van der Waals surface area contributed by atoms with Crippen LogP contribution in [-0.2, 0) is 9.53 Å². The van der Waals surface area contributed by atoms with Gasteiger partial charge in [0.05, 0.1) is 13.7 Å². The molecule has 0 saturated heterocycles. The van der Waals surface area contributed by atoms with Crippen LogP contribution in [0.15, 0.2) is 30.3 Å². The van der Waals surface area contributed by atoms with Gasteiger partial charge < -0.3 is 4.74 Å². The van der Waals surface area contributed by atoms with Crippen LogP contribution in [0.4, 0.5) is 0 Å². The maximum absolute atomic E-state index is 11.9. The van der Waals surface area contributed by atoms with Crippen molar-refractivity contribution in [1.29, 1.82) is 0 Å². The minimum absolute atomic E-state index is 0.0294. The second kappa shape index (κ2) is 7.69. The number of benzene rings is 1. The van der Waals surface area contributed by atoms with Crippen LogP contribution in [0.2, 0.25) is 0 Å². The number of carbonyl (C=O) groups excluding carboxylic acids is 2. The van der Waals surface area contributed by atoms with Crippen molar-refractivity contribution in [3.63, 3.8) is 0 Å². The number of carbonyl (C=O) groups is 2. The zero-order valence-electron chi connectivity index (χ0n) is 11.7. The molecule has 4 heteroatoms. The number of ketones is 1. The van der Waals surface area contributed by atoms with Gasteiger partial charge in [-0.3, -0.25) is 14.9 Å². The van der Waals surface area contributed by atoms with Gasteiger partial charge in [0.2, 0.25) is 0 Å². The van der Waals surface area contributed by atoms with E-state index in [2.05, 4.69) is 5.32 Å². The summed E-state index contributed by atoms with van der Waals surface area (Å²) in [5.41, 5.74) is 0.642. The van der Waals surface area contributed by atoms with Gasteiger partial charge in [0.15, 0.2) is 5.78 Å². The first-order valence-electron chi connectivity index (χ1n) is 6.44. The van der Waals surface area contributed by atoms with Gasteiger partial charge in [-0.15, -0.1) is 0 Å². The molecule has 0 fully saturated rings. The molecule has 0 aromatic heterocycles. The van der Waals surface area contributed by atoms with Crippen LogP contribution in [0.5, 0.6) is 0 Å². The molecule has 0 radical (unpaired) electrons. The number of ether oxygens (including phenoxy) is 1. The first-order chi connectivity index (χ1) is 9.04. The Bertz CT molecular complexity index is 415. The van der Waals surface area contributed by atoms with Crippen LogP contribution in [0.25, 0.3) is 0 Å². The van der Waals surface area contributed by atoms with E-state index in [1.165, 1.54) is 7.11 Å². The van der Waals surface area contributed by atoms with E-state index in [1.807, 2.05) is 32.0 Å². The van der Waals surface area contributed by atoms with E-state index in [0.717, 1.165) is 0 Å². The molecule has 4 nitrogen and oxygen atoms in total. The Balaban J connectivity index is 2.56. The summed E-state index contributed by atoms with van der Waals surface area (Å²) in [5.74, 6) is -0.00347. The maximum atomic E-state index is 11.9. The molecule has 19 heavy (non-hydrogen) atoms. The second-order valence-corrected chi connectivity index (χ2v) is 4.88. The number of hydrogen-bond donors (Lipinski definition) is 1. The predicted molar refractivity (Wildman–Crippen MR) is 74.0 cm³/mol. The van der Waals surface area contributed by atoms with Gasteiger partial charge in [-0.2, -0.15) is 0 Å². The fourth-order valence-corrected chi connectivity index (χ4v) is 1.82. The van der Waals surface area contributed by atoms with Gasteiger partial charge in [-0.1, -0.05) is 44.2 Å². The fraction of sp³-hybridized carbons (Fsp3) is 0.467. The highest BCUT2D eigenvalue weighted by atomic mass is 16.5. The van der Waals surface area contributed by atoms with Crippen LogP contribution in [0, 0.1) is 5.92 Å². The molecule has 1 N–H and O–H groups in total. The van der Waals surface area contributed by atoms with E-state index in [-0.39, 0.29) is 18.3 Å². The molecule has 0 bridgehead atoms. The van der Waals surface area contributed by atoms with Crippen LogP contribution >= 0.6 is 0 Å². The third-order valence-corrected chi connectivity index (χ3v) is 2.80. The minimum atomic E-state index is -0.433. The molecule has 0 aliphatic rings. The number of rotatable bonds is 7. The summed E-state index contributed by atoms with van der Waals surface area (Å²) < 4.78 is 4.74. The monoisotopic (exact) mass is 263 g/mol. The molecule has 0 heterocycles. The summed E-state index contributed by atoms with van der Waals surface area (Å²) in [4.78, 5) is 23.5. The summed E-state index contributed by atoms with van der Waals surface area (Å²) in [5, 5.41) is 2.98. The summed E-state index contributed by atoms with van der Waals surface area (Å²) in [6.07, 6.45) is 0.648. The molecule has 1 aromatic rings. The molecule has 1 aromatic carbocycles. The average Bonchev–Trinajstić information content (AvgIpc) is 2.42. The highest BCUT2D eigenvalue weighted by molar-refractivity contribution is 5.97. The van der Waals surface area contributed by atoms with Crippen LogP contribution < -0.4 is 5.32 Å². The van der Waals surface area contributed by atoms with Crippen molar-refractivity contribution < 1.29 is 14.3 Å². The van der Waals surface area contributed by atoms with E-state index in [9.17, 15) is 9.59 Å². The van der Waals surface area contributed by atoms with Crippen molar-refractivity contribution in [2.75, 3.05) is 13.7 Å². The summed E-state index contributed by atoms with van der Waals surface area (Å²) in [6, 6.07) is 8.59. The zero-order chi connectivity index (χ0) is 14.3. The highest BCUT2D eigenvalue weighted by Gasteiger charge is 2.20. The Kier molecular flexibility index (Phi) is 6.22. The smallest absolute Gasteiger partial charge is 0.322 e. The lowest BCUT2D eigenvalue weighted by molar-refractivity contribution is -0.143. The fourth-order valence-electron chi connectivity index (χ4n) is 1.82. The lowest BCUT2D eigenvalue weighted by Gasteiger charge is -2.17. The lowest BCUT2D eigenvalue weighted by atomic mass is 10.0. The first kappa shape index (κ1) is 15.4. The molecule has 0 amide bonds. The van der Waals surface area contributed by atoms with Crippen molar-refractivity contribution >= 4 is 11.8 Å². The predicted octanol–water partition coefficient (Wildman–Crippen LogP) is 2.05. The van der Waals surface area contributed by atoms with Gasteiger partial charge >= 0.3 is 5.97 Å². The summed E-state index contributed by atoms with van der Waals surface area (Å²) >= 11 is 0. The molecule has 1 unspecified atom stereocenters. The van der Waals surface area contributed by atoms with E-state index in [4.69, 9.17) is 4.74 Å². The molecule has 0 spiro atoms. The van der Waals surface area contributed by atoms with Crippen molar-refractivity contribution in [3.05, 3.63) is 35.9 Å². The normalized spacial score (nSPS) is 12.2. The van der Waals surface area contributed by atoms with E-state index >= 15 is 0 Å². The highest BCUT2D eigenvalue weighted by Crippen LogP contribution is 2.07. The minimum Gasteiger partial charge on any atom is -0.468 e. The van der Waals surface area contributed by atoms with Crippen molar-refractivity contribution in [2.45, 2.75) is 26.3 Å². The van der Waals surface area contributed by atoms with Crippen LogP contribution in [0.1, 0.15) is 30.6 Å². The van der Waals surface area contributed by atoms with Crippen molar-refractivity contribution in [2.24, 2.45) is 5.92 Å². The Morgan fingerprint density at radius 2 is 1.84 bits per heavy atom. The third kappa shape index (κ3) is 5.22. The Morgan fingerprint density at radius 1 is 1.21 bits per heavy atom. The van der Waals surface area contributed by atoms with Gasteiger partial charge in [0.25, 0.3) is 0 Å². The zero-order valence-corrected chi connectivity index (χ0v) is 11.7. The molecule has 104 valence electrons. The number of nitrogens with one attached hydrogen (secondary N) is 1. The number of hydrogen-bond acceptors (Lipinski definition) is 4. The summed E-state index contributed by atoms with van der Waals surface area (Å²) in [6.45, 7) is 4.18. The number of Topliss-reactive ketones (excluding diaryl/α,β-unsaturated/α-hetero) is 1. The van der Waals surface area contributed by atoms with Gasteiger partial charge in [0, 0.05) is 5.56 Å². The van der Waals surface area contributed by atoms with Crippen molar-refractivity contribution in [1.82, 2.24) is 5.32 Å². The van der Waals surface area contributed by atoms with E-state index < -0.39 is 6.04 Å². The topological polar surface area (TPSA) is 55.4 Å². The molecular formula is C15H21NO3. The van der Waals surface area contributed by atoms with Gasteiger partial charge in [0.1, 0.15) is 6.04 Å². The van der Waals surface area contributed by atoms with E-state index in [1.54, 1.807) is 12.1 Å². The van der Waals surface area contributed by atoms with Gasteiger partial charge in [-0.05, 0) is 12.3 Å². The molecule has 0 aliphatic carbocycles. The Hall–Kier alpha value is -1.68. The molecule has 1 rings (SSSR count). The standard InChI is InChI=1S/C15H21NO3/c1-11(2)9-13(15(18)19-3)16-10-14(17)12-7-5-4-6-8-12/h4-8,11,13,16H,9-10H2,1-3H3. The number of esters is 1. The first-order valence-corrected chi connectivity index (χ1v) is 6.44. The van der Waals surface area contributed by atoms with E-state index in [0.29, 0.717) is 17.9 Å². The second-order valence-electron chi connectivity index (χ2n) is 4.88. The van der Waals surface area contributed by atoms with Crippen LogP contribution in [-0.4, -0.2) is 31.4 Å². The summed E-state index contributed by atoms with van der Waals surface area (Å²) in [7, 11) is 1.36. The Morgan fingerprint density at radius 3 is 2.37 bits per heavy atom. The SMILES string of the molecule is COC(=O)C(CC(C)C)NCC(=O)c1ccccc1. The van der Waals surface area contributed by atoms with Gasteiger partial charge in [-0.25, -0.2) is 0 Å².